The quantitative estimate of drug-likeness (QED) is 0.550. The highest BCUT2D eigenvalue weighted by atomic mass is 16.1. The van der Waals surface area contributed by atoms with Gasteiger partial charge in [-0.25, -0.2) is 0 Å². The molecule has 0 N–H and O–H groups in total. The smallest absolute Gasteiger partial charge is 0.172 e. The molecule has 0 bridgehead atoms. The lowest BCUT2D eigenvalue weighted by Gasteiger charge is -2.26. The van der Waals surface area contributed by atoms with E-state index in [1.54, 1.807) is 6.08 Å². The number of allylic oxidation sites excluding steroid dienone is 3. The van der Waals surface area contributed by atoms with Crippen molar-refractivity contribution in [3.05, 3.63) is 24.8 Å². The highest BCUT2D eigenvalue weighted by Gasteiger charge is 2.30. The fourth-order valence-electron chi connectivity index (χ4n) is 1.26. The van der Waals surface area contributed by atoms with Gasteiger partial charge < -0.3 is 0 Å². The molecule has 0 fully saturated rings. The van der Waals surface area contributed by atoms with Gasteiger partial charge in [0.05, 0.1) is 6.07 Å². The standard InChI is InChI=1S/C10H11NO/c1-3-10(2)5-4-9(12)8(6-10)7-11/h3-5,8H,1,6H2,2H3. The van der Waals surface area contributed by atoms with Gasteiger partial charge in [0.2, 0.25) is 0 Å². The summed E-state index contributed by atoms with van der Waals surface area (Å²) in [6.45, 7) is 5.64. The van der Waals surface area contributed by atoms with Crippen LogP contribution in [0.3, 0.4) is 0 Å². The number of carbonyl (C=O) groups excluding carboxylic acids is 1. The van der Waals surface area contributed by atoms with Gasteiger partial charge in [0.15, 0.2) is 5.78 Å². The number of nitrogens with zero attached hydrogens (tertiary/aromatic N) is 1. The minimum absolute atomic E-state index is 0.0863. The Balaban J connectivity index is 2.93. The molecule has 0 aromatic rings. The first-order chi connectivity index (χ1) is 5.61. The minimum atomic E-state index is -0.488. The number of ketones is 1. The molecule has 0 aromatic heterocycles. The molecule has 1 aliphatic rings. The summed E-state index contributed by atoms with van der Waals surface area (Å²) in [4.78, 5) is 11.1. The van der Waals surface area contributed by atoms with E-state index in [0.29, 0.717) is 6.42 Å². The number of carbonyl (C=O) groups is 1. The maximum absolute atomic E-state index is 11.1. The molecule has 1 aliphatic carbocycles. The average Bonchev–Trinajstić information content (AvgIpc) is 2.10. The fraction of sp³-hybridized carbons (Fsp3) is 0.400. The van der Waals surface area contributed by atoms with E-state index in [-0.39, 0.29) is 11.2 Å². The third kappa shape index (κ3) is 1.45. The number of hydrogen-bond donors (Lipinski definition) is 0. The van der Waals surface area contributed by atoms with Gasteiger partial charge in [-0.1, -0.05) is 19.1 Å². The summed E-state index contributed by atoms with van der Waals surface area (Å²) in [5.41, 5.74) is -0.186. The lowest BCUT2D eigenvalue weighted by molar-refractivity contribution is -0.117. The first kappa shape index (κ1) is 8.73. The molecular formula is C10H11NO. The minimum Gasteiger partial charge on any atom is -0.293 e. The Kier molecular flexibility index (Phi) is 2.14. The van der Waals surface area contributed by atoms with Crippen LogP contribution in [0.4, 0.5) is 0 Å². The molecule has 0 saturated heterocycles. The van der Waals surface area contributed by atoms with Gasteiger partial charge in [-0.15, -0.1) is 6.58 Å². The zero-order valence-electron chi connectivity index (χ0n) is 7.08. The molecule has 12 heavy (non-hydrogen) atoms. The van der Waals surface area contributed by atoms with Crippen LogP contribution in [0.25, 0.3) is 0 Å². The summed E-state index contributed by atoms with van der Waals surface area (Å²) in [7, 11) is 0. The molecule has 1 rings (SSSR count). The lowest BCUT2D eigenvalue weighted by Crippen LogP contribution is -2.25. The van der Waals surface area contributed by atoms with Crippen molar-refractivity contribution >= 4 is 5.78 Å². The van der Waals surface area contributed by atoms with Crippen molar-refractivity contribution in [3.8, 4) is 6.07 Å². The number of hydrogen-bond acceptors (Lipinski definition) is 2. The number of nitriles is 1. The maximum atomic E-state index is 11.1. The average molecular weight is 161 g/mol. The summed E-state index contributed by atoms with van der Waals surface area (Å²) >= 11 is 0. The van der Waals surface area contributed by atoms with Crippen molar-refractivity contribution in [1.82, 2.24) is 0 Å². The first-order valence-corrected chi connectivity index (χ1v) is 3.87. The molecule has 0 aromatic carbocycles. The van der Waals surface area contributed by atoms with Crippen molar-refractivity contribution in [2.45, 2.75) is 13.3 Å². The molecule has 0 spiro atoms. The largest absolute Gasteiger partial charge is 0.293 e. The van der Waals surface area contributed by atoms with E-state index in [9.17, 15) is 4.79 Å². The molecule has 0 heterocycles. The predicted octanol–water partition coefficient (Wildman–Crippen LogP) is 1.85. The Labute approximate surface area is 72.2 Å². The van der Waals surface area contributed by atoms with Crippen LogP contribution in [-0.4, -0.2) is 5.78 Å². The predicted molar refractivity (Wildman–Crippen MR) is 46.2 cm³/mol. The Morgan fingerprint density at radius 1 is 1.92 bits per heavy atom. The SMILES string of the molecule is C=CC1(C)C=CC(=O)C(C#N)C1. The van der Waals surface area contributed by atoms with E-state index < -0.39 is 5.92 Å². The lowest BCUT2D eigenvalue weighted by atomic mass is 9.76. The molecule has 2 atom stereocenters. The van der Waals surface area contributed by atoms with E-state index in [0.717, 1.165) is 0 Å². The van der Waals surface area contributed by atoms with E-state index in [2.05, 4.69) is 6.58 Å². The van der Waals surface area contributed by atoms with Crippen molar-refractivity contribution in [1.29, 1.82) is 5.26 Å². The van der Waals surface area contributed by atoms with Crippen molar-refractivity contribution in [3.63, 3.8) is 0 Å². The Morgan fingerprint density at radius 2 is 2.58 bits per heavy atom. The highest BCUT2D eigenvalue weighted by molar-refractivity contribution is 5.94. The second-order valence-electron chi connectivity index (χ2n) is 3.33. The van der Waals surface area contributed by atoms with Crippen LogP contribution >= 0.6 is 0 Å². The monoisotopic (exact) mass is 161 g/mol. The molecule has 2 nitrogen and oxygen atoms in total. The normalized spacial score (nSPS) is 34.3. The Hall–Kier alpha value is -1.36. The van der Waals surface area contributed by atoms with Gasteiger partial charge in [-0.05, 0) is 12.5 Å². The van der Waals surface area contributed by atoms with Crippen LogP contribution in [0.5, 0.6) is 0 Å². The first-order valence-electron chi connectivity index (χ1n) is 3.87. The van der Waals surface area contributed by atoms with E-state index in [1.165, 1.54) is 6.08 Å². The second-order valence-corrected chi connectivity index (χ2v) is 3.33. The molecule has 0 amide bonds. The fourth-order valence-corrected chi connectivity index (χ4v) is 1.26. The summed E-state index contributed by atoms with van der Waals surface area (Å²) in [5, 5.41) is 8.65. The second kappa shape index (κ2) is 2.94. The highest BCUT2D eigenvalue weighted by Crippen LogP contribution is 2.32. The van der Waals surface area contributed by atoms with E-state index >= 15 is 0 Å². The van der Waals surface area contributed by atoms with Crippen LogP contribution in [0.2, 0.25) is 0 Å². The van der Waals surface area contributed by atoms with Gasteiger partial charge >= 0.3 is 0 Å². The Bertz CT molecular complexity index is 285. The topological polar surface area (TPSA) is 40.9 Å². The van der Waals surface area contributed by atoms with Gasteiger partial charge in [0, 0.05) is 5.41 Å². The molecule has 0 saturated carbocycles. The molecule has 0 aliphatic heterocycles. The van der Waals surface area contributed by atoms with Gasteiger partial charge in [0.25, 0.3) is 0 Å². The van der Waals surface area contributed by atoms with Gasteiger partial charge in [-0.3, -0.25) is 4.79 Å². The summed E-state index contributed by atoms with van der Waals surface area (Å²) in [5.74, 6) is -0.574. The molecule has 62 valence electrons. The summed E-state index contributed by atoms with van der Waals surface area (Å²) in [6, 6.07) is 1.99. The van der Waals surface area contributed by atoms with Gasteiger partial charge in [0.1, 0.15) is 5.92 Å². The van der Waals surface area contributed by atoms with Crippen molar-refractivity contribution < 1.29 is 4.79 Å². The summed E-state index contributed by atoms with van der Waals surface area (Å²) < 4.78 is 0. The van der Waals surface area contributed by atoms with E-state index in [4.69, 9.17) is 5.26 Å². The zero-order chi connectivity index (χ0) is 9.19. The van der Waals surface area contributed by atoms with Crippen LogP contribution in [0.15, 0.2) is 24.8 Å². The van der Waals surface area contributed by atoms with Crippen LogP contribution in [-0.2, 0) is 4.79 Å². The maximum Gasteiger partial charge on any atom is 0.172 e. The third-order valence-electron chi connectivity index (χ3n) is 2.24. The van der Waals surface area contributed by atoms with Crippen molar-refractivity contribution in [2.75, 3.05) is 0 Å². The van der Waals surface area contributed by atoms with Crippen molar-refractivity contribution in [2.24, 2.45) is 11.3 Å². The zero-order valence-corrected chi connectivity index (χ0v) is 7.08. The van der Waals surface area contributed by atoms with Crippen LogP contribution in [0.1, 0.15) is 13.3 Å². The molecule has 0 radical (unpaired) electrons. The van der Waals surface area contributed by atoms with Crippen LogP contribution in [0, 0.1) is 22.7 Å². The third-order valence-corrected chi connectivity index (χ3v) is 2.24. The molecule has 2 unspecified atom stereocenters. The number of rotatable bonds is 1. The Morgan fingerprint density at radius 3 is 3.08 bits per heavy atom. The van der Waals surface area contributed by atoms with E-state index in [1.807, 2.05) is 19.1 Å². The van der Waals surface area contributed by atoms with Crippen LogP contribution < -0.4 is 0 Å². The molecule has 2 heteroatoms. The van der Waals surface area contributed by atoms with Gasteiger partial charge in [-0.2, -0.15) is 5.26 Å². The summed E-state index contributed by atoms with van der Waals surface area (Å²) in [6.07, 6.45) is 5.64. The molecular weight excluding hydrogens is 150 g/mol.